The smallest absolute Gasteiger partial charge is 0.303 e. The molecule has 2 aromatic heterocycles. The van der Waals surface area contributed by atoms with Crippen molar-refractivity contribution in [3.63, 3.8) is 0 Å². The third-order valence-electron chi connectivity index (χ3n) is 3.33. The molecule has 0 aliphatic heterocycles. The molecule has 4 N–H and O–H groups in total. The number of carboxylic acids is 1. The number of carbonyl (C=O) groups excluding carboxylic acids is 1. The standard InChI is InChI=1S/C15H19N5O3/c1-15(2,7-6-12(21)22)19-14(23)10-9-18-20(13(10)16)11-5-3-4-8-17-11/h3-5,8-9H,6-7,16H2,1-2H3,(H,19,23)(H,21,22). The molecule has 0 spiro atoms. The van der Waals surface area contributed by atoms with Crippen LogP contribution in [0.3, 0.4) is 0 Å². The molecule has 2 aromatic rings. The molecule has 122 valence electrons. The lowest BCUT2D eigenvalue weighted by molar-refractivity contribution is -0.137. The topological polar surface area (TPSA) is 123 Å². The van der Waals surface area contributed by atoms with Gasteiger partial charge in [-0.3, -0.25) is 9.59 Å². The summed E-state index contributed by atoms with van der Waals surface area (Å²) in [7, 11) is 0. The monoisotopic (exact) mass is 317 g/mol. The van der Waals surface area contributed by atoms with E-state index in [0.29, 0.717) is 12.2 Å². The van der Waals surface area contributed by atoms with E-state index in [0.717, 1.165) is 0 Å². The van der Waals surface area contributed by atoms with Crippen LogP contribution in [0.1, 0.15) is 37.0 Å². The highest BCUT2D eigenvalue weighted by Gasteiger charge is 2.25. The fraction of sp³-hybridized carbons (Fsp3) is 0.333. The molecule has 0 fully saturated rings. The zero-order chi connectivity index (χ0) is 17.0. The first kappa shape index (κ1) is 16.5. The fourth-order valence-corrected chi connectivity index (χ4v) is 2.05. The Bertz CT molecular complexity index is 709. The van der Waals surface area contributed by atoms with Gasteiger partial charge in [-0.25, -0.2) is 4.98 Å². The van der Waals surface area contributed by atoms with Crippen LogP contribution in [-0.2, 0) is 4.79 Å². The molecule has 2 rings (SSSR count). The molecule has 0 radical (unpaired) electrons. The Morgan fingerprint density at radius 2 is 2.13 bits per heavy atom. The number of aliphatic carboxylic acids is 1. The Morgan fingerprint density at radius 3 is 2.74 bits per heavy atom. The van der Waals surface area contributed by atoms with Gasteiger partial charge in [-0.2, -0.15) is 9.78 Å². The number of nitrogens with one attached hydrogen (secondary N) is 1. The van der Waals surface area contributed by atoms with Gasteiger partial charge in [0.15, 0.2) is 5.82 Å². The molecular weight excluding hydrogens is 298 g/mol. The van der Waals surface area contributed by atoms with E-state index >= 15 is 0 Å². The van der Waals surface area contributed by atoms with Gasteiger partial charge < -0.3 is 16.2 Å². The summed E-state index contributed by atoms with van der Waals surface area (Å²) in [4.78, 5) is 27.2. The van der Waals surface area contributed by atoms with Crippen molar-refractivity contribution in [2.45, 2.75) is 32.2 Å². The highest BCUT2D eigenvalue weighted by atomic mass is 16.4. The number of aromatic nitrogens is 3. The third-order valence-corrected chi connectivity index (χ3v) is 3.33. The predicted molar refractivity (Wildman–Crippen MR) is 84.2 cm³/mol. The van der Waals surface area contributed by atoms with E-state index in [1.165, 1.54) is 10.9 Å². The van der Waals surface area contributed by atoms with Crippen molar-refractivity contribution >= 4 is 17.7 Å². The Morgan fingerprint density at radius 1 is 1.39 bits per heavy atom. The van der Waals surface area contributed by atoms with Gasteiger partial charge in [-0.15, -0.1) is 0 Å². The van der Waals surface area contributed by atoms with Crippen molar-refractivity contribution in [2.24, 2.45) is 0 Å². The SMILES string of the molecule is CC(C)(CCC(=O)O)NC(=O)c1cnn(-c2ccccn2)c1N. The number of pyridine rings is 1. The summed E-state index contributed by atoms with van der Waals surface area (Å²) >= 11 is 0. The number of hydrogen-bond donors (Lipinski definition) is 3. The number of carboxylic acid groups (broad SMARTS) is 1. The molecule has 2 heterocycles. The summed E-state index contributed by atoms with van der Waals surface area (Å²) < 4.78 is 1.37. The number of hydrogen-bond acceptors (Lipinski definition) is 5. The first-order valence-electron chi connectivity index (χ1n) is 7.09. The molecule has 0 saturated heterocycles. The minimum Gasteiger partial charge on any atom is -0.481 e. The second-order valence-corrected chi connectivity index (χ2v) is 5.77. The van der Waals surface area contributed by atoms with Gasteiger partial charge in [0, 0.05) is 18.2 Å². The maximum Gasteiger partial charge on any atom is 0.303 e. The van der Waals surface area contributed by atoms with Crippen molar-refractivity contribution in [1.29, 1.82) is 0 Å². The molecular formula is C15H19N5O3. The third kappa shape index (κ3) is 4.06. The van der Waals surface area contributed by atoms with E-state index < -0.39 is 17.4 Å². The molecule has 0 bridgehead atoms. The van der Waals surface area contributed by atoms with Crippen molar-refractivity contribution in [1.82, 2.24) is 20.1 Å². The van der Waals surface area contributed by atoms with Crippen LogP contribution in [0.15, 0.2) is 30.6 Å². The van der Waals surface area contributed by atoms with Gasteiger partial charge in [0.2, 0.25) is 0 Å². The summed E-state index contributed by atoms with van der Waals surface area (Å²) in [6.07, 6.45) is 3.25. The molecule has 0 saturated carbocycles. The van der Waals surface area contributed by atoms with Crippen molar-refractivity contribution in [2.75, 3.05) is 5.73 Å². The van der Waals surface area contributed by atoms with E-state index in [2.05, 4.69) is 15.4 Å². The second kappa shape index (κ2) is 6.47. The molecule has 1 amide bonds. The minimum absolute atomic E-state index is 0.0318. The quantitative estimate of drug-likeness (QED) is 0.736. The zero-order valence-electron chi connectivity index (χ0n) is 13.0. The molecule has 0 aliphatic rings. The zero-order valence-corrected chi connectivity index (χ0v) is 13.0. The number of nitrogens with two attached hydrogens (primary N) is 1. The Balaban J connectivity index is 2.15. The normalized spacial score (nSPS) is 11.2. The van der Waals surface area contributed by atoms with Gasteiger partial charge in [-0.05, 0) is 32.4 Å². The fourth-order valence-electron chi connectivity index (χ4n) is 2.05. The first-order chi connectivity index (χ1) is 10.8. The summed E-state index contributed by atoms with van der Waals surface area (Å²) in [5.41, 5.74) is 5.53. The average molecular weight is 317 g/mol. The van der Waals surface area contributed by atoms with Gasteiger partial charge >= 0.3 is 5.97 Å². The molecule has 0 unspecified atom stereocenters. The maximum atomic E-state index is 12.4. The van der Waals surface area contributed by atoms with E-state index in [-0.39, 0.29) is 17.8 Å². The largest absolute Gasteiger partial charge is 0.481 e. The number of amides is 1. The lowest BCUT2D eigenvalue weighted by Crippen LogP contribution is -2.43. The summed E-state index contributed by atoms with van der Waals surface area (Å²) in [5.74, 6) is -0.626. The molecule has 0 aliphatic carbocycles. The Hall–Kier alpha value is -2.90. The molecule has 8 nitrogen and oxygen atoms in total. The summed E-state index contributed by atoms with van der Waals surface area (Å²) in [5, 5.41) is 15.6. The van der Waals surface area contributed by atoms with Crippen LogP contribution in [-0.4, -0.2) is 37.3 Å². The lowest BCUT2D eigenvalue weighted by Gasteiger charge is -2.25. The number of rotatable bonds is 6. The van der Waals surface area contributed by atoms with Crippen LogP contribution < -0.4 is 11.1 Å². The van der Waals surface area contributed by atoms with Crippen molar-refractivity contribution in [3.05, 3.63) is 36.2 Å². The van der Waals surface area contributed by atoms with Gasteiger partial charge in [-0.1, -0.05) is 6.07 Å². The van der Waals surface area contributed by atoms with E-state index in [1.807, 2.05) is 0 Å². The second-order valence-electron chi connectivity index (χ2n) is 5.77. The highest BCUT2D eigenvalue weighted by molar-refractivity contribution is 5.98. The van der Waals surface area contributed by atoms with Gasteiger partial charge in [0.05, 0.1) is 6.20 Å². The lowest BCUT2D eigenvalue weighted by atomic mass is 9.98. The maximum absolute atomic E-state index is 12.4. The first-order valence-corrected chi connectivity index (χ1v) is 7.09. The van der Waals surface area contributed by atoms with Crippen molar-refractivity contribution in [3.8, 4) is 5.82 Å². The number of anilines is 1. The van der Waals surface area contributed by atoms with Crippen LogP contribution in [0.2, 0.25) is 0 Å². The Labute approximate surface area is 133 Å². The van der Waals surface area contributed by atoms with Crippen LogP contribution in [0.4, 0.5) is 5.82 Å². The van der Waals surface area contributed by atoms with Crippen LogP contribution in [0.5, 0.6) is 0 Å². The highest BCUT2D eigenvalue weighted by Crippen LogP contribution is 2.18. The van der Waals surface area contributed by atoms with E-state index in [9.17, 15) is 9.59 Å². The molecule has 0 aromatic carbocycles. The average Bonchev–Trinajstić information content (AvgIpc) is 2.87. The number of nitrogen functional groups attached to an aromatic ring is 1. The molecule has 8 heteroatoms. The molecule has 23 heavy (non-hydrogen) atoms. The summed E-state index contributed by atoms with van der Waals surface area (Å²) in [6.45, 7) is 3.51. The minimum atomic E-state index is -0.908. The molecule has 0 atom stereocenters. The summed E-state index contributed by atoms with van der Waals surface area (Å²) in [6, 6.07) is 5.28. The van der Waals surface area contributed by atoms with Crippen molar-refractivity contribution < 1.29 is 14.7 Å². The number of carbonyl (C=O) groups is 2. The van der Waals surface area contributed by atoms with Crippen LogP contribution in [0, 0.1) is 0 Å². The van der Waals surface area contributed by atoms with Crippen LogP contribution in [0.25, 0.3) is 5.82 Å². The predicted octanol–water partition coefficient (Wildman–Crippen LogP) is 1.22. The van der Waals surface area contributed by atoms with Gasteiger partial charge in [0.1, 0.15) is 11.4 Å². The van der Waals surface area contributed by atoms with E-state index in [4.69, 9.17) is 10.8 Å². The van der Waals surface area contributed by atoms with E-state index in [1.54, 1.807) is 38.2 Å². The Kier molecular flexibility index (Phi) is 4.63. The van der Waals surface area contributed by atoms with Gasteiger partial charge in [0.25, 0.3) is 5.91 Å². The number of nitrogens with zero attached hydrogens (tertiary/aromatic N) is 3. The van der Waals surface area contributed by atoms with Crippen LogP contribution >= 0.6 is 0 Å².